The minimum absolute atomic E-state index is 0.237. The van der Waals surface area contributed by atoms with Crippen LogP contribution in [0, 0.1) is 0 Å². The molecule has 0 unspecified atom stereocenters. The second-order valence-electron chi connectivity index (χ2n) is 3.14. The average Bonchev–Trinajstić information content (AvgIpc) is 2.69. The minimum Gasteiger partial charge on any atom is -0.464 e. The summed E-state index contributed by atoms with van der Waals surface area (Å²) in [5.41, 5.74) is -0.621. The molecule has 0 spiro atoms. The quantitative estimate of drug-likeness (QED) is 0.716. The van der Waals surface area contributed by atoms with E-state index < -0.39 is 11.7 Å². The molecule has 0 aliphatic carbocycles. The van der Waals surface area contributed by atoms with E-state index in [1.807, 2.05) is 0 Å². The number of halogens is 4. The molecule has 1 aromatic carbocycles. The molecule has 0 saturated carbocycles. The van der Waals surface area contributed by atoms with E-state index in [9.17, 15) is 13.2 Å². The fraction of sp³-hybridized carbons (Fsp3) is 0.0909. The molecule has 2 rings (SSSR count). The predicted octanol–water partition coefficient (Wildman–Crippen LogP) is 4.62. The Labute approximate surface area is 94.4 Å². The second-order valence-corrected chi connectivity index (χ2v) is 3.52. The zero-order chi connectivity index (χ0) is 11.8. The maximum Gasteiger partial charge on any atom is 0.417 e. The van der Waals surface area contributed by atoms with Crippen LogP contribution in [0.1, 0.15) is 5.56 Å². The first-order valence-electron chi connectivity index (χ1n) is 4.40. The van der Waals surface area contributed by atoms with Gasteiger partial charge in [-0.1, -0.05) is 17.7 Å². The van der Waals surface area contributed by atoms with Crippen molar-refractivity contribution in [1.82, 2.24) is 0 Å². The van der Waals surface area contributed by atoms with E-state index in [1.165, 1.54) is 18.4 Å². The maximum absolute atomic E-state index is 12.6. The molecule has 84 valence electrons. The van der Waals surface area contributed by atoms with Gasteiger partial charge in [-0.05, 0) is 24.3 Å². The van der Waals surface area contributed by atoms with Gasteiger partial charge in [-0.15, -0.1) is 0 Å². The SMILES string of the molecule is FC(F)(F)c1cccc(-c2ccco2)c1Cl. The summed E-state index contributed by atoms with van der Waals surface area (Å²) < 4.78 is 42.7. The molecule has 16 heavy (non-hydrogen) atoms. The number of benzene rings is 1. The van der Waals surface area contributed by atoms with Crippen molar-refractivity contribution in [3.8, 4) is 11.3 Å². The summed E-state index contributed by atoms with van der Waals surface area (Å²) in [4.78, 5) is 0. The monoisotopic (exact) mass is 246 g/mol. The highest BCUT2D eigenvalue weighted by Gasteiger charge is 2.34. The van der Waals surface area contributed by atoms with E-state index in [0.29, 0.717) is 5.76 Å². The third-order valence-corrected chi connectivity index (χ3v) is 2.50. The predicted molar refractivity (Wildman–Crippen MR) is 54.2 cm³/mol. The second kappa shape index (κ2) is 3.87. The molecule has 0 aliphatic heterocycles. The lowest BCUT2D eigenvalue weighted by Gasteiger charge is -2.10. The molecule has 0 fully saturated rings. The summed E-state index contributed by atoms with van der Waals surface area (Å²) in [5, 5.41) is -0.343. The molecular weight excluding hydrogens is 241 g/mol. The molecule has 0 N–H and O–H groups in total. The van der Waals surface area contributed by atoms with Gasteiger partial charge >= 0.3 is 6.18 Å². The van der Waals surface area contributed by atoms with Crippen molar-refractivity contribution in [1.29, 1.82) is 0 Å². The normalized spacial score (nSPS) is 11.8. The van der Waals surface area contributed by atoms with Gasteiger partial charge in [0, 0.05) is 5.56 Å². The van der Waals surface area contributed by atoms with Crippen LogP contribution in [0.25, 0.3) is 11.3 Å². The number of hydrogen-bond donors (Lipinski definition) is 0. The van der Waals surface area contributed by atoms with Gasteiger partial charge < -0.3 is 4.42 Å². The van der Waals surface area contributed by atoms with E-state index in [2.05, 4.69) is 0 Å². The van der Waals surface area contributed by atoms with Crippen LogP contribution in [0.2, 0.25) is 5.02 Å². The Bertz CT molecular complexity index is 488. The first kappa shape index (κ1) is 11.1. The Morgan fingerprint density at radius 2 is 1.81 bits per heavy atom. The largest absolute Gasteiger partial charge is 0.464 e. The number of rotatable bonds is 1. The molecule has 5 heteroatoms. The Morgan fingerprint density at radius 1 is 1.06 bits per heavy atom. The molecule has 1 aromatic heterocycles. The lowest BCUT2D eigenvalue weighted by molar-refractivity contribution is -0.137. The summed E-state index contributed by atoms with van der Waals surface area (Å²) in [6.45, 7) is 0. The van der Waals surface area contributed by atoms with Gasteiger partial charge in [0.2, 0.25) is 0 Å². The summed E-state index contributed by atoms with van der Waals surface area (Å²) in [5.74, 6) is 0.316. The van der Waals surface area contributed by atoms with Crippen LogP contribution < -0.4 is 0 Å². The van der Waals surface area contributed by atoms with Crippen LogP contribution in [0.15, 0.2) is 41.0 Å². The van der Waals surface area contributed by atoms with Gasteiger partial charge in [0.05, 0.1) is 16.8 Å². The van der Waals surface area contributed by atoms with Crippen molar-refractivity contribution in [2.24, 2.45) is 0 Å². The van der Waals surface area contributed by atoms with E-state index in [1.54, 1.807) is 12.1 Å². The maximum atomic E-state index is 12.6. The molecule has 1 heterocycles. The van der Waals surface area contributed by atoms with E-state index >= 15 is 0 Å². The van der Waals surface area contributed by atoms with Crippen LogP contribution in [0.3, 0.4) is 0 Å². The summed E-state index contributed by atoms with van der Waals surface area (Å²) in [7, 11) is 0. The van der Waals surface area contributed by atoms with Crippen molar-refractivity contribution in [2.45, 2.75) is 6.18 Å². The highest BCUT2D eigenvalue weighted by atomic mass is 35.5. The lowest BCUT2D eigenvalue weighted by Crippen LogP contribution is -2.06. The Hall–Kier alpha value is -1.42. The topological polar surface area (TPSA) is 13.1 Å². The van der Waals surface area contributed by atoms with Crippen LogP contribution in [-0.4, -0.2) is 0 Å². The summed E-state index contributed by atoms with van der Waals surface area (Å²) >= 11 is 5.70. The Morgan fingerprint density at radius 3 is 2.38 bits per heavy atom. The number of hydrogen-bond acceptors (Lipinski definition) is 1. The summed E-state index contributed by atoms with van der Waals surface area (Å²) in [6.07, 6.45) is -3.08. The van der Waals surface area contributed by atoms with Gasteiger partial charge in [0.1, 0.15) is 5.76 Å². The van der Waals surface area contributed by atoms with Crippen LogP contribution >= 0.6 is 11.6 Å². The Kier molecular flexibility index (Phi) is 2.68. The summed E-state index contributed by atoms with van der Waals surface area (Å²) in [6, 6.07) is 6.87. The lowest BCUT2D eigenvalue weighted by atomic mass is 10.1. The number of furan rings is 1. The molecule has 0 radical (unpaired) electrons. The van der Waals surface area contributed by atoms with Crippen molar-refractivity contribution in [2.75, 3.05) is 0 Å². The molecule has 0 atom stereocenters. The Balaban J connectivity index is 2.58. The van der Waals surface area contributed by atoms with Gasteiger partial charge in [0.15, 0.2) is 0 Å². The van der Waals surface area contributed by atoms with Gasteiger partial charge in [-0.3, -0.25) is 0 Å². The smallest absolute Gasteiger partial charge is 0.417 e. The standard InChI is InChI=1S/C11H6ClF3O/c12-10-7(9-5-2-6-16-9)3-1-4-8(10)11(13,14)15/h1-6H. The molecule has 2 aromatic rings. The van der Waals surface area contributed by atoms with E-state index in [0.717, 1.165) is 6.07 Å². The molecular formula is C11H6ClF3O. The van der Waals surface area contributed by atoms with Crippen LogP contribution in [-0.2, 0) is 6.18 Å². The van der Waals surface area contributed by atoms with Crippen molar-refractivity contribution in [3.05, 3.63) is 47.2 Å². The average molecular weight is 247 g/mol. The van der Waals surface area contributed by atoms with Gasteiger partial charge in [-0.25, -0.2) is 0 Å². The number of alkyl halides is 3. The highest BCUT2D eigenvalue weighted by Crippen LogP contribution is 2.39. The van der Waals surface area contributed by atoms with Crippen molar-refractivity contribution in [3.63, 3.8) is 0 Å². The molecule has 0 aliphatic rings. The molecule has 0 amide bonds. The highest BCUT2D eigenvalue weighted by molar-refractivity contribution is 6.34. The molecule has 1 nitrogen and oxygen atoms in total. The first-order chi connectivity index (χ1) is 7.50. The molecule has 0 bridgehead atoms. The molecule has 0 saturated heterocycles. The van der Waals surface area contributed by atoms with Crippen molar-refractivity contribution < 1.29 is 17.6 Å². The van der Waals surface area contributed by atoms with Gasteiger partial charge in [0.25, 0.3) is 0 Å². The third kappa shape index (κ3) is 1.93. The van der Waals surface area contributed by atoms with Crippen LogP contribution in [0.5, 0.6) is 0 Å². The van der Waals surface area contributed by atoms with E-state index in [-0.39, 0.29) is 10.6 Å². The fourth-order valence-electron chi connectivity index (χ4n) is 1.37. The first-order valence-corrected chi connectivity index (χ1v) is 4.77. The van der Waals surface area contributed by atoms with Crippen molar-refractivity contribution >= 4 is 11.6 Å². The van der Waals surface area contributed by atoms with E-state index in [4.69, 9.17) is 16.0 Å². The van der Waals surface area contributed by atoms with Crippen LogP contribution in [0.4, 0.5) is 13.2 Å². The fourth-order valence-corrected chi connectivity index (χ4v) is 1.70. The third-order valence-electron chi connectivity index (χ3n) is 2.09. The zero-order valence-corrected chi connectivity index (χ0v) is 8.64. The zero-order valence-electron chi connectivity index (χ0n) is 7.88. The van der Waals surface area contributed by atoms with Gasteiger partial charge in [-0.2, -0.15) is 13.2 Å². The minimum atomic E-state index is -4.46.